The summed E-state index contributed by atoms with van der Waals surface area (Å²) in [5, 5.41) is 0. The van der Waals surface area contributed by atoms with Crippen molar-refractivity contribution in [2.45, 2.75) is 44.4 Å². The first kappa shape index (κ1) is 17.3. The van der Waals surface area contributed by atoms with Crippen LogP contribution >= 0.6 is 0 Å². The third kappa shape index (κ3) is 3.49. The number of nitrogens with zero attached hydrogens (tertiary/aromatic N) is 5. The molecule has 1 aliphatic heterocycles. The average Bonchev–Trinajstić information content (AvgIpc) is 3.27. The molecule has 2 aliphatic rings. The van der Waals surface area contributed by atoms with Gasteiger partial charge in [-0.3, -0.25) is 9.78 Å². The van der Waals surface area contributed by atoms with Gasteiger partial charge < -0.3 is 14.2 Å². The van der Waals surface area contributed by atoms with Crippen LogP contribution in [0.25, 0.3) is 11.2 Å². The summed E-state index contributed by atoms with van der Waals surface area (Å²) in [6.45, 7) is 1.87. The lowest BCUT2D eigenvalue weighted by Gasteiger charge is -2.25. The molecule has 1 saturated carbocycles. The fourth-order valence-corrected chi connectivity index (χ4v) is 3.80. The Morgan fingerprint density at radius 3 is 2.82 bits per heavy atom. The van der Waals surface area contributed by atoms with E-state index in [0.717, 1.165) is 36.2 Å². The Morgan fingerprint density at radius 2 is 2.07 bits per heavy atom. The van der Waals surface area contributed by atoms with E-state index in [9.17, 15) is 4.79 Å². The minimum atomic E-state index is -0.0392. The molecule has 3 aromatic rings. The fourth-order valence-electron chi connectivity index (χ4n) is 3.80. The van der Waals surface area contributed by atoms with Crippen LogP contribution in [0.1, 0.15) is 47.6 Å². The lowest BCUT2D eigenvalue weighted by Crippen LogP contribution is -2.37. The lowest BCUT2D eigenvalue weighted by molar-refractivity contribution is 0.0507. The number of pyridine rings is 2. The first-order valence-electron chi connectivity index (χ1n) is 9.90. The van der Waals surface area contributed by atoms with E-state index in [0.29, 0.717) is 24.7 Å². The number of fused-ring (bicyclic) bond motifs is 1. The van der Waals surface area contributed by atoms with Gasteiger partial charge in [-0.1, -0.05) is 0 Å². The lowest BCUT2D eigenvalue weighted by atomic mass is 10.1. The summed E-state index contributed by atoms with van der Waals surface area (Å²) in [5.74, 6) is -0.0392. The normalized spacial score (nSPS) is 19.2. The largest absolute Gasteiger partial charge is 0.376 e. The second-order valence-corrected chi connectivity index (χ2v) is 7.63. The molecular formula is C21H23N5O2. The number of amides is 1. The maximum absolute atomic E-state index is 13.3. The van der Waals surface area contributed by atoms with Gasteiger partial charge in [0.05, 0.1) is 18.0 Å². The van der Waals surface area contributed by atoms with Crippen molar-refractivity contribution in [3.8, 4) is 0 Å². The van der Waals surface area contributed by atoms with Crippen molar-refractivity contribution < 1.29 is 9.53 Å². The Hall–Kier alpha value is -2.80. The van der Waals surface area contributed by atoms with E-state index >= 15 is 0 Å². The number of hydrogen-bond donors (Lipinski definition) is 0. The molecule has 1 aliphatic carbocycles. The van der Waals surface area contributed by atoms with E-state index in [1.165, 1.54) is 12.8 Å². The summed E-state index contributed by atoms with van der Waals surface area (Å²) in [7, 11) is 0. The van der Waals surface area contributed by atoms with Crippen LogP contribution in [-0.4, -0.2) is 49.6 Å². The summed E-state index contributed by atoms with van der Waals surface area (Å²) in [6, 6.07) is 6.25. The number of hydrogen-bond acceptors (Lipinski definition) is 5. The van der Waals surface area contributed by atoms with Gasteiger partial charge in [0.25, 0.3) is 5.91 Å². The van der Waals surface area contributed by atoms with Crippen molar-refractivity contribution in [3.63, 3.8) is 0 Å². The van der Waals surface area contributed by atoms with Gasteiger partial charge in [0.1, 0.15) is 5.52 Å². The molecule has 1 saturated heterocycles. The van der Waals surface area contributed by atoms with Crippen LogP contribution < -0.4 is 0 Å². The molecule has 144 valence electrons. The van der Waals surface area contributed by atoms with Gasteiger partial charge in [0.2, 0.25) is 0 Å². The molecule has 0 aromatic carbocycles. The molecule has 2 fully saturated rings. The smallest absolute Gasteiger partial charge is 0.255 e. The van der Waals surface area contributed by atoms with E-state index < -0.39 is 0 Å². The topological polar surface area (TPSA) is 73.1 Å². The second-order valence-electron chi connectivity index (χ2n) is 7.63. The van der Waals surface area contributed by atoms with Gasteiger partial charge in [-0.25, -0.2) is 9.97 Å². The Labute approximate surface area is 163 Å². The second kappa shape index (κ2) is 7.31. The predicted octanol–water partition coefficient (Wildman–Crippen LogP) is 2.98. The van der Waals surface area contributed by atoms with Crippen LogP contribution in [0, 0.1) is 0 Å². The van der Waals surface area contributed by atoms with Crippen LogP contribution in [0.2, 0.25) is 0 Å². The van der Waals surface area contributed by atoms with Crippen molar-refractivity contribution >= 4 is 17.1 Å². The first-order chi connectivity index (χ1) is 13.8. The van der Waals surface area contributed by atoms with Gasteiger partial charge in [0, 0.05) is 44.3 Å². The van der Waals surface area contributed by atoms with Crippen molar-refractivity contribution in [1.82, 2.24) is 24.4 Å². The molecule has 3 aromatic heterocycles. The van der Waals surface area contributed by atoms with Crippen molar-refractivity contribution in [3.05, 3.63) is 54.2 Å². The number of carbonyl (C=O) groups is 1. The Balaban J connectivity index is 1.41. The Morgan fingerprint density at radius 1 is 1.21 bits per heavy atom. The van der Waals surface area contributed by atoms with E-state index in [2.05, 4.69) is 19.5 Å². The number of ether oxygens (including phenoxy) is 1. The maximum atomic E-state index is 13.3. The molecule has 1 unspecified atom stereocenters. The summed E-state index contributed by atoms with van der Waals surface area (Å²) in [5.41, 5.74) is 3.26. The molecule has 0 N–H and O–H groups in total. The molecule has 0 radical (unpaired) electrons. The molecule has 1 atom stereocenters. The molecule has 0 bridgehead atoms. The van der Waals surface area contributed by atoms with Crippen LogP contribution in [0.4, 0.5) is 0 Å². The van der Waals surface area contributed by atoms with Gasteiger partial charge in [0.15, 0.2) is 5.65 Å². The van der Waals surface area contributed by atoms with Crippen LogP contribution in [0.5, 0.6) is 0 Å². The summed E-state index contributed by atoms with van der Waals surface area (Å²) < 4.78 is 7.89. The molecule has 4 heterocycles. The quantitative estimate of drug-likeness (QED) is 0.660. The minimum absolute atomic E-state index is 0.0392. The molecule has 5 rings (SSSR count). The van der Waals surface area contributed by atoms with Crippen LogP contribution in [0.3, 0.4) is 0 Å². The third-order valence-corrected chi connectivity index (χ3v) is 5.46. The number of carbonyl (C=O) groups excluding carboxylic acids is 1. The third-order valence-electron chi connectivity index (χ3n) is 5.46. The zero-order chi connectivity index (χ0) is 18.9. The first-order valence-corrected chi connectivity index (χ1v) is 9.90. The monoisotopic (exact) mass is 377 g/mol. The number of aromatic nitrogens is 4. The van der Waals surface area contributed by atoms with Gasteiger partial charge in [-0.05, 0) is 49.4 Å². The fraction of sp³-hybridized carbons (Fsp3) is 0.429. The summed E-state index contributed by atoms with van der Waals surface area (Å²) in [4.78, 5) is 28.3. The van der Waals surface area contributed by atoms with Crippen molar-refractivity contribution in [2.24, 2.45) is 0 Å². The maximum Gasteiger partial charge on any atom is 0.255 e. The Kier molecular flexibility index (Phi) is 4.52. The standard InChI is InChI=1S/C21H23N5O2/c27-21(16-10-19-20(23-11-16)26(14-24-19)17-3-4-17)25(13-18-2-1-9-28-18)12-15-5-7-22-8-6-15/h5-8,10-11,14,17-18H,1-4,9,12-13H2. The molecule has 28 heavy (non-hydrogen) atoms. The summed E-state index contributed by atoms with van der Waals surface area (Å²) >= 11 is 0. The number of imidazole rings is 1. The molecule has 7 heteroatoms. The number of rotatable bonds is 6. The summed E-state index contributed by atoms with van der Waals surface area (Å²) in [6.07, 6.45) is 11.5. The predicted molar refractivity (Wildman–Crippen MR) is 104 cm³/mol. The molecule has 1 amide bonds. The highest BCUT2D eigenvalue weighted by atomic mass is 16.5. The highest BCUT2D eigenvalue weighted by Gasteiger charge is 2.27. The van der Waals surface area contributed by atoms with E-state index in [1.807, 2.05) is 29.4 Å². The van der Waals surface area contributed by atoms with E-state index in [-0.39, 0.29) is 12.0 Å². The van der Waals surface area contributed by atoms with Gasteiger partial charge in [-0.2, -0.15) is 0 Å². The average molecular weight is 377 g/mol. The molecular weight excluding hydrogens is 354 g/mol. The van der Waals surface area contributed by atoms with E-state index in [1.54, 1.807) is 18.6 Å². The SMILES string of the molecule is O=C(c1cnc2c(c1)ncn2C1CC1)N(Cc1ccncc1)CC1CCCO1. The van der Waals surface area contributed by atoms with Crippen LogP contribution in [0.15, 0.2) is 43.1 Å². The van der Waals surface area contributed by atoms with Gasteiger partial charge >= 0.3 is 0 Å². The van der Waals surface area contributed by atoms with Gasteiger partial charge in [-0.15, -0.1) is 0 Å². The Bertz CT molecular complexity index is 977. The van der Waals surface area contributed by atoms with Crippen LogP contribution in [-0.2, 0) is 11.3 Å². The van der Waals surface area contributed by atoms with E-state index in [4.69, 9.17) is 4.74 Å². The zero-order valence-electron chi connectivity index (χ0n) is 15.7. The minimum Gasteiger partial charge on any atom is -0.376 e. The molecule has 7 nitrogen and oxygen atoms in total. The highest BCUT2D eigenvalue weighted by Crippen LogP contribution is 2.36. The highest BCUT2D eigenvalue weighted by molar-refractivity contribution is 5.96. The molecule has 0 spiro atoms. The van der Waals surface area contributed by atoms with Crippen molar-refractivity contribution in [2.75, 3.05) is 13.2 Å². The van der Waals surface area contributed by atoms with Crippen molar-refractivity contribution in [1.29, 1.82) is 0 Å². The zero-order valence-corrected chi connectivity index (χ0v) is 15.7.